The van der Waals surface area contributed by atoms with Crippen molar-refractivity contribution < 1.29 is 24.4 Å². The summed E-state index contributed by atoms with van der Waals surface area (Å²) in [5.41, 5.74) is 1.60. The van der Waals surface area contributed by atoms with Crippen molar-refractivity contribution in [1.82, 2.24) is 9.80 Å². The van der Waals surface area contributed by atoms with Crippen LogP contribution in [0.3, 0.4) is 0 Å². The summed E-state index contributed by atoms with van der Waals surface area (Å²) in [7, 11) is 0. The third-order valence-corrected chi connectivity index (χ3v) is 6.24. The summed E-state index contributed by atoms with van der Waals surface area (Å²) < 4.78 is 5.37. The van der Waals surface area contributed by atoms with Gasteiger partial charge in [-0.25, -0.2) is 0 Å². The zero-order chi connectivity index (χ0) is 24.2. The Hall–Kier alpha value is -3.56. The molecule has 9 nitrogen and oxygen atoms in total. The summed E-state index contributed by atoms with van der Waals surface area (Å²) in [6.07, 6.45) is 0.614. The molecule has 0 saturated carbocycles. The number of aliphatic hydroxyl groups excluding tert-OH is 1. The van der Waals surface area contributed by atoms with E-state index in [1.165, 1.54) is 23.1 Å². The zero-order valence-electron chi connectivity index (χ0n) is 19.0. The number of ketones is 1. The number of aryl methyl sites for hydroxylation is 1. The first-order valence-electron chi connectivity index (χ1n) is 11.3. The second-order valence-electron chi connectivity index (χ2n) is 8.52. The highest BCUT2D eigenvalue weighted by atomic mass is 16.6. The maximum absolute atomic E-state index is 13.1. The van der Waals surface area contributed by atoms with Crippen LogP contribution in [0.5, 0.6) is 0 Å². The molecule has 2 aliphatic rings. The smallest absolute Gasteiger partial charge is 0.295 e. The molecular formula is C25H27N3O6. The van der Waals surface area contributed by atoms with E-state index in [1.807, 2.05) is 6.92 Å². The molecule has 1 atom stereocenters. The van der Waals surface area contributed by atoms with Gasteiger partial charge in [-0.3, -0.25) is 24.6 Å². The molecular weight excluding hydrogens is 438 g/mol. The monoisotopic (exact) mass is 465 g/mol. The van der Waals surface area contributed by atoms with Gasteiger partial charge in [0, 0.05) is 43.9 Å². The van der Waals surface area contributed by atoms with Crippen molar-refractivity contribution in [3.8, 4) is 0 Å². The molecule has 2 saturated heterocycles. The first-order chi connectivity index (χ1) is 16.4. The fourth-order valence-corrected chi connectivity index (χ4v) is 4.42. The second-order valence-corrected chi connectivity index (χ2v) is 8.52. The Morgan fingerprint density at radius 2 is 1.82 bits per heavy atom. The minimum Gasteiger partial charge on any atom is -0.507 e. The Bertz CT molecular complexity index is 1120. The van der Waals surface area contributed by atoms with E-state index in [0.717, 1.165) is 25.2 Å². The van der Waals surface area contributed by atoms with E-state index in [9.17, 15) is 24.8 Å². The maximum atomic E-state index is 13.1. The molecule has 2 fully saturated rings. The molecule has 2 aromatic rings. The normalized spacial score (nSPS) is 20.6. The standard InChI is InChI=1S/C25H27N3O6/c1-17-6-8-18(9-7-17)23(29)21-22(19-4-2-5-20(16-19)28(32)33)27(25(31)24(21)30)11-3-10-26-12-14-34-15-13-26/h2,4-9,16,22,29H,3,10-15H2,1H3/b23-21+/t22-/m1/s1. The first kappa shape index (κ1) is 23.6. The number of hydrogen-bond donors (Lipinski definition) is 1. The average molecular weight is 466 g/mol. The lowest BCUT2D eigenvalue weighted by atomic mass is 9.94. The summed E-state index contributed by atoms with van der Waals surface area (Å²) in [5.74, 6) is -1.79. The predicted molar refractivity (Wildman–Crippen MR) is 125 cm³/mol. The molecule has 0 spiro atoms. The van der Waals surface area contributed by atoms with Crippen LogP contribution in [0.25, 0.3) is 5.76 Å². The fraction of sp³-hybridized carbons (Fsp3) is 0.360. The highest BCUT2D eigenvalue weighted by Gasteiger charge is 2.46. The summed E-state index contributed by atoms with van der Waals surface area (Å²) in [6, 6.07) is 11.9. The third-order valence-electron chi connectivity index (χ3n) is 6.24. The largest absolute Gasteiger partial charge is 0.507 e. The van der Waals surface area contributed by atoms with Crippen molar-refractivity contribution in [1.29, 1.82) is 0 Å². The third kappa shape index (κ3) is 4.85. The number of benzene rings is 2. The first-order valence-corrected chi connectivity index (χ1v) is 11.3. The number of amides is 1. The quantitative estimate of drug-likeness (QED) is 0.220. The maximum Gasteiger partial charge on any atom is 0.295 e. The molecule has 9 heteroatoms. The SMILES string of the molecule is Cc1ccc(/C(O)=C2\C(=O)C(=O)N(CCCN3CCOCC3)[C@@H]2c2cccc([N+](=O)[O-])c2)cc1. The van der Waals surface area contributed by atoms with Crippen LogP contribution in [0.15, 0.2) is 54.1 Å². The van der Waals surface area contributed by atoms with E-state index in [4.69, 9.17) is 4.74 Å². The van der Waals surface area contributed by atoms with Gasteiger partial charge >= 0.3 is 0 Å². The van der Waals surface area contributed by atoms with Gasteiger partial charge in [0.05, 0.1) is 29.8 Å². The lowest BCUT2D eigenvalue weighted by Gasteiger charge is -2.29. The molecule has 1 N–H and O–H groups in total. The molecule has 4 rings (SSSR count). The number of aliphatic hydroxyl groups is 1. The topological polar surface area (TPSA) is 113 Å². The van der Waals surface area contributed by atoms with Crippen LogP contribution in [-0.4, -0.2) is 70.9 Å². The Morgan fingerprint density at radius 3 is 2.50 bits per heavy atom. The van der Waals surface area contributed by atoms with Crippen molar-refractivity contribution in [2.24, 2.45) is 0 Å². The number of ether oxygens (including phenoxy) is 1. The van der Waals surface area contributed by atoms with E-state index >= 15 is 0 Å². The lowest BCUT2D eigenvalue weighted by Crippen LogP contribution is -2.39. The lowest BCUT2D eigenvalue weighted by molar-refractivity contribution is -0.384. The number of morpholine rings is 1. The van der Waals surface area contributed by atoms with Crippen molar-refractivity contribution in [2.75, 3.05) is 39.4 Å². The van der Waals surface area contributed by atoms with Gasteiger partial charge in [0.1, 0.15) is 5.76 Å². The fourth-order valence-electron chi connectivity index (χ4n) is 4.42. The second kappa shape index (κ2) is 10.1. The van der Waals surface area contributed by atoms with E-state index in [0.29, 0.717) is 30.8 Å². The van der Waals surface area contributed by atoms with Crippen LogP contribution >= 0.6 is 0 Å². The van der Waals surface area contributed by atoms with Crippen LogP contribution in [0, 0.1) is 17.0 Å². The number of non-ortho nitro benzene ring substituents is 1. The van der Waals surface area contributed by atoms with Gasteiger partial charge < -0.3 is 14.7 Å². The van der Waals surface area contributed by atoms with Crippen molar-refractivity contribution >= 4 is 23.1 Å². The number of carbonyl (C=O) groups is 2. The van der Waals surface area contributed by atoms with Gasteiger partial charge in [-0.05, 0) is 18.9 Å². The molecule has 0 aromatic heterocycles. The number of nitro groups is 1. The van der Waals surface area contributed by atoms with Crippen molar-refractivity contribution in [3.63, 3.8) is 0 Å². The van der Waals surface area contributed by atoms with Crippen LogP contribution in [0.2, 0.25) is 0 Å². The van der Waals surface area contributed by atoms with E-state index < -0.39 is 22.7 Å². The van der Waals surface area contributed by atoms with Crippen molar-refractivity contribution in [3.05, 3.63) is 80.9 Å². The average Bonchev–Trinajstić information content (AvgIpc) is 3.10. The van der Waals surface area contributed by atoms with Gasteiger partial charge in [0.15, 0.2) is 0 Å². The molecule has 178 valence electrons. The van der Waals surface area contributed by atoms with Gasteiger partial charge in [0.25, 0.3) is 17.4 Å². The van der Waals surface area contributed by atoms with Gasteiger partial charge in [0.2, 0.25) is 0 Å². The number of likely N-dealkylation sites (tertiary alicyclic amines) is 1. The minimum atomic E-state index is -0.911. The summed E-state index contributed by atoms with van der Waals surface area (Å²) >= 11 is 0. The molecule has 0 radical (unpaired) electrons. The van der Waals surface area contributed by atoms with Crippen LogP contribution in [-0.2, 0) is 14.3 Å². The highest BCUT2D eigenvalue weighted by molar-refractivity contribution is 6.46. The Balaban J connectivity index is 1.70. The zero-order valence-corrected chi connectivity index (χ0v) is 19.0. The van der Waals surface area contributed by atoms with Gasteiger partial charge in [-0.1, -0.05) is 42.0 Å². The Labute approximate surface area is 197 Å². The van der Waals surface area contributed by atoms with E-state index in [2.05, 4.69) is 4.90 Å². The summed E-state index contributed by atoms with van der Waals surface area (Å²) in [6.45, 7) is 5.84. The molecule has 0 aliphatic carbocycles. The molecule has 0 unspecified atom stereocenters. The number of hydrogen-bond acceptors (Lipinski definition) is 7. The van der Waals surface area contributed by atoms with Crippen molar-refractivity contribution in [2.45, 2.75) is 19.4 Å². The summed E-state index contributed by atoms with van der Waals surface area (Å²) in [5, 5.41) is 22.5. The number of carbonyl (C=O) groups excluding carboxylic acids is 2. The molecule has 34 heavy (non-hydrogen) atoms. The molecule has 2 aliphatic heterocycles. The molecule has 2 aromatic carbocycles. The van der Waals surface area contributed by atoms with Crippen LogP contribution < -0.4 is 0 Å². The van der Waals surface area contributed by atoms with Crippen LogP contribution in [0.4, 0.5) is 5.69 Å². The van der Waals surface area contributed by atoms with E-state index in [1.54, 1.807) is 30.3 Å². The number of rotatable bonds is 7. The molecule has 2 heterocycles. The number of nitro benzene ring substituents is 1. The highest BCUT2D eigenvalue weighted by Crippen LogP contribution is 2.40. The minimum absolute atomic E-state index is 0.0549. The number of Topliss-reactive ketones (excluding diaryl/α,β-unsaturated/α-hetero) is 1. The van der Waals surface area contributed by atoms with Gasteiger partial charge in [-0.15, -0.1) is 0 Å². The predicted octanol–water partition coefficient (Wildman–Crippen LogP) is 3.05. The Morgan fingerprint density at radius 1 is 1.12 bits per heavy atom. The Kier molecular flexibility index (Phi) is 7.04. The molecule has 0 bridgehead atoms. The van der Waals surface area contributed by atoms with E-state index in [-0.39, 0.29) is 23.6 Å². The molecule has 1 amide bonds. The number of nitrogens with zero attached hydrogens (tertiary/aromatic N) is 3. The van der Waals surface area contributed by atoms with Crippen LogP contribution in [0.1, 0.15) is 29.2 Å². The summed E-state index contributed by atoms with van der Waals surface area (Å²) in [4.78, 5) is 40.7. The van der Waals surface area contributed by atoms with Gasteiger partial charge in [-0.2, -0.15) is 0 Å².